The SMILES string of the molecule is O=C(O)c1nc(Cn2ccc3ccc(Br)cc32)cs1. The normalized spacial score (nSPS) is 11.0. The molecule has 6 heteroatoms. The lowest BCUT2D eigenvalue weighted by Crippen LogP contribution is -2.00. The maximum Gasteiger partial charge on any atom is 0.365 e. The van der Waals surface area contributed by atoms with E-state index in [0.717, 1.165) is 32.4 Å². The fraction of sp³-hybridized carbons (Fsp3) is 0.0769. The number of benzene rings is 1. The third-order valence-electron chi connectivity index (χ3n) is 2.80. The molecule has 0 unspecified atom stereocenters. The number of hydrogen-bond acceptors (Lipinski definition) is 3. The zero-order valence-corrected chi connectivity index (χ0v) is 12.1. The molecular formula is C13H9BrN2O2S. The summed E-state index contributed by atoms with van der Waals surface area (Å²) in [5, 5.41) is 11.9. The summed E-state index contributed by atoms with van der Waals surface area (Å²) >= 11 is 4.61. The number of hydrogen-bond donors (Lipinski definition) is 1. The van der Waals surface area contributed by atoms with E-state index >= 15 is 0 Å². The number of fused-ring (bicyclic) bond motifs is 1. The van der Waals surface area contributed by atoms with Gasteiger partial charge in [0, 0.05) is 21.6 Å². The summed E-state index contributed by atoms with van der Waals surface area (Å²) in [6.07, 6.45) is 1.98. The van der Waals surface area contributed by atoms with Crippen LogP contribution in [0.4, 0.5) is 0 Å². The van der Waals surface area contributed by atoms with Crippen LogP contribution in [0.15, 0.2) is 40.3 Å². The summed E-state index contributed by atoms with van der Waals surface area (Å²) in [5.74, 6) is -0.976. The molecule has 2 aromatic heterocycles. The molecule has 0 saturated carbocycles. The van der Waals surface area contributed by atoms with Crippen LogP contribution in [0.2, 0.25) is 0 Å². The molecule has 0 aliphatic carbocycles. The molecule has 0 saturated heterocycles. The molecule has 3 aromatic rings. The first-order valence-electron chi connectivity index (χ1n) is 5.55. The van der Waals surface area contributed by atoms with Crippen LogP contribution >= 0.6 is 27.3 Å². The third-order valence-corrected chi connectivity index (χ3v) is 4.18. The Kier molecular flexibility index (Phi) is 3.12. The minimum absolute atomic E-state index is 0.132. The van der Waals surface area contributed by atoms with Crippen LogP contribution < -0.4 is 0 Å². The van der Waals surface area contributed by atoms with Crippen molar-refractivity contribution in [1.82, 2.24) is 9.55 Å². The monoisotopic (exact) mass is 336 g/mol. The summed E-state index contributed by atoms with van der Waals surface area (Å²) in [5.41, 5.74) is 1.86. The van der Waals surface area contributed by atoms with E-state index in [9.17, 15) is 4.79 Å². The molecule has 1 N–H and O–H groups in total. The molecular weight excluding hydrogens is 328 g/mol. The molecule has 0 amide bonds. The van der Waals surface area contributed by atoms with E-state index in [2.05, 4.69) is 25.5 Å². The van der Waals surface area contributed by atoms with Gasteiger partial charge in [-0.05, 0) is 23.6 Å². The van der Waals surface area contributed by atoms with Gasteiger partial charge in [0.25, 0.3) is 0 Å². The van der Waals surface area contributed by atoms with Gasteiger partial charge in [-0.25, -0.2) is 9.78 Å². The van der Waals surface area contributed by atoms with E-state index in [4.69, 9.17) is 5.11 Å². The van der Waals surface area contributed by atoms with Crippen molar-refractivity contribution < 1.29 is 9.90 Å². The van der Waals surface area contributed by atoms with Crippen LogP contribution in [0.1, 0.15) is 15.5 Å². The van der Waals surface area contributed by atoms with Crippen molar-refractivity contribution in [2.45, 2.75) is 6.54 Å². The van der Waals surface area contributed by atoms with Gasteiger partial charge in [-0.2, -0.15) is 0 Å². The smallest absolute Gasteiger partial charge is 0.365 e. The number of carbonyl (C=O) groups is 1. The van der Waals surface area contributed by atoms with Crippen LogP contribution in [0, 0.1) is 0 Å². The van der Waals surface area contributed by atoms with Gasteiger partial charge < -0.3 is 9.67 Å². The Hall–Kier alpha value is -1.66. The number of nitrogens with zero attached hydrogens (tertiary/aromatic N) is 2. The average molecular weight is 337 g/mol. The fourth-order valence-corrected chi connectivity index (χ4v) is 2.94. The zero-order valence-electron chi connectivity index (χ0n) is 9.71. The van der Waals surface area contributed by atoms with Gasteiger partial charge in [-0.15, -0.1) is 11.3 Å². The van der Waals surface area contributed by atoms with Crippen molar-refractivity contribution in [2.24, 2.45) is 0 Å². The lowest BCUT2D eigenvalue weighted by atomic mass is 10.2. The van der Waals surface area contributed by atoms with E-state index < -0.39 is 5.97 Å². The van der Waals surface area contributed by atoms with Crippen molar-refractivity contribution in [3.05, 3.63) is 51.0 Å². The van der Waals surface area contributed by atoms with E-state index in [1.54, 1.807) is 5.38 Å². The Balaban J connectivity index is 1.96. The first kappa shape index (κ1) is 12.4. The van der Waals surface area contributed by atoms with Gasteiger partial charge in [0.1, 0.15) is 0 Å². The molecule has 3 rings (SSSR count). The predicted molar refractivity (Wildman–Crippen MR) is 77.8 cm³/mol. The molecule has 0 aliphatic heterocycles. The molecule has 0 radical (unpaired) electrons. The van der Waals surface area contributed by atoms with E-state index in [1.807, 2.05) is 30.5 Å². The quantitative estimate of drug-likeness (QED) is 0.794. The molecule has 2 heterocycles. The molecule has 0 fully saturated rings. The third kappa shape index (κ3) is 2.41. The summed E-state index contributed by atoms with van der Waals surface area (Å²) < 4.78 is 3.07. The van der Waals surface area contributed by atoms with Crippen molar-refractivity contribution in [3.63, 3.8) is 0 Å². The Morgan fingerprint density at radius 3 is 3.00 bits per heavy atom. The largest absolute Gasteiger partial charge is 0.476 e. The average Bonchev–Trinajstić information content (AvgIpc) is 2.98. The maximum atomic E-state index is 10.8. The summed E-state index contributed by atoms with van der Waals surface area (Å²) in [4.78, 5) is 14.9. The molecule has 0 aliphatic rings. The van der Waals surface area contributed by atoms with Crippen LogP contribution in [-0.2, 0) is 6.54 Å². The molecule has 0 bridgehead atoms. The number of thiazole rings is 1. The van der Waals surface area contributed by atoms with Crippen molar-refractivity contribution in [2.75, 3.05) is 0 Å². The number of halogens is 1. The Morgan fingerprint density at radius 2 is 2.26 bits per heavy atom. The van der Waals surface area contributed by atoms with Crippen LogP contribution in [-0.4, -0.2) is 20.6 Å². The summed E-state index contributed by atoms with van der Waals surface area (Å²) in [6.45, 7) is 0.573. The highest BCUT2D eigenvalue weighted by Gasteiger charge is 2.10. The highest BCUT2D eigenvalue weighted by Crippen LogP contribution is 2.22. The number of carboxylic acid groups (broad SMARTS) is 1. The van der Waals surface area contributed by atoms with E-state index in [1.165, 1.54) is 0 Å². The maximum absolute atomic E-state index is 10.8. The van der Waals surface area contributed by atoms with E-state index in [0.29, 0.717) is 6.54 Å². The molecule has 4 nitrogen and oxygen atoms in total. The van der Waals surface area contributed by atoms with Gasteiger partial charge in [0.05, 0.1) is 12.2 Å². The van der Waals surface area contributed by atoms with Gasteiger partial charge in [0.15, 0.2) is 0 Å². The highest BCUT2D eigenvalue weighted by molar-refractivity contribution is 9.10. The standard InChI is InChI=1S/C13H9BrN2O2S/c14-9-2-1-8-3-4-16(11(8)5-9)6-10-7-19-12(15-10)13(17)18/h1-5,7H,6H2,(H,17,18). The molecule has 1 aromatic carbocycles. The molecule has 96 valence electrons. The van der Waals surface area contributed by atoms with Crippen LogP contribution in [0.3, 0.4) is 0 Å². The Bertz CT molecular complexity index is 763. The van der Waals surface area contributed by atoms with Crippen molar-refractivity contribution in [1.29, 1.82) is 0 Å². The van der Waals surface area contributed by atoms with Gasteiger partial charge in [0.2, 0.25) is 5.01 Å². The first-order chi connectivity index (χ1) is 9.13. The van der Waals surface area contributed by atoms with Crippen molar-refractivity contribution in [3.8, 4) is 0 Å². The number of rotatable bonds is 3. The zero-order chi connectivity index (χ0) is 13.4. The number of aromatic carboxylic acids is 1. The first-order valence-corrected chi connectivity index (χ1v) is 7.23. The lowest BCUT2D eigenvalue weighted by molar-refractivity contribution is 0.0696. The molecule has 0 atom stereocenters. The van der Waals surface area contributed by atoms with Crippen LogP contribution in [0.5, 0.6) is 0 Å². The Morgan fingerprint density at radius 1 is 1.42 bits per heavy atom. The lowest BCUT2D eigenvalue weighted by Gasteiger charge is -2.03. The summed E-state index contributed by atoms with van der Waals surface area (Å²) in [6, 6.07) is 8.11. The summed E-state index contributed by atoms with van der Waals surface area (Å²) in [7, 11) is 0. The second-order valence-corrected chi connectivity index (χ2v) is 5.87. The van der Waals surface area contributed by atoms with Gasteiger partial charge in [-0.3, -0.25) is 0 Å². The van der Waals surface area contributed by atoms with Crippen LogP contribution in [0.25, 0.3) is 10.9 Å². The number of carboxylic acids is 1. The van der Waals surface area contributed by atoms with Gasteiger partial charge >= 0.3 is 5.97 Å². The minimum atomic E-state index is -0.976. The fourth-order valence-electron chi connectivity index (χ4n) is 1.95. The predicted octanol–water partition coefficient (Wildman–Crippen LogP) is 3.61. The highest BCUT2D eigenvalue weighted by atomic mass is 79.9. The molecule has 0 spiro atoms. The Labute approximate surface area is 121 Å². The van der Waals surface area contributed by atoms with E-state index in [-0.39, 0.29) is 5.01 Å². The minimum Gasteiger partial charge on any atom is -0.476 e. The molecule has 19 heavy (non-hydrogen) atoms. The topological polar surface area (TPSA) is 55.1 Å². The second kappa shape index (κ2) is 4.79. The van der Waals surface area contributed by atoms with Gasteiger partial charge in [-0.1, -0.05) is 22.0 Å². The van der Waals surface area contributed by atoms with Crippen molar-refractivity contribution >= 4 is 44.1 Å². The second-order valence-electron chi connectivity index (χ2n) is 4.10. The number of aromatic nitrogens is 2.